The van der Waals surface area contributed by atoms with Gasteiger partial charge in [-0.25, -0.2) is 13.4 Å². The summed E-state index contributed by atoms with van der Waals surface area (Å²) in [5.74, 6) is -1.02. The first-order valence-corrected chi connectivity index (χ1v) is 9.86. The lowest BCUT2D eigenvalue weighted by molar-refractivity contribution is -0.384. The molecular weight excluding hydrogens is 404 g/mol. The number of carbonyl (C=O) groups excluding carboxylic acids is 1. The highest BCUT2D eigenvalue weighted by Gasteiger charge is 2.27. The second-order valence-electron chi connectivity index (χ2n) is 5.69. The molecule has 0 fully saturated rings. The van der Waals surface area contributed by atoms with Crippen molar-refractivity contribution in [1.82, 2.24) is 4.98 Å². The van der Waals surface area contributed by atoms with Crippen molar-refractivity contribution >= 4 is 27.1 Å². The van der Waals surface area contributed by atoms with E-state index in [1.54, 1.807) is 7.11 Å². The number of nitro groups is 1. The summed E-state index contributed by atoms with van der Waals surface area (Å²) in [7, 11) is -2.72. The average Bonchev–Trinajstić information content (AvgIpc) is 2.70. The number of nitro benzene ring substituents is 1. The maximum Gasteiger partial charge on any atom is 0.293 e. The van der Waals surface area contributed by atoms with Crippen LogP contribution >= 0.6 is 0 Å². The van der Waals surface area contributed by atoms with Gasteiger partial charge in [0, 0.05) is 25.9 Å². The minimum atomic E-state index is -4.26. The Labute approximate surface area is 166 Å². The van der Waals surface area contributed by atoms with Gasteiger partial charge in [-0.2, -0.15) is 0 Å². The van der Waals surface area contributed by atoms with Gasteiger partial charge in [0.05, 0.1) is 29.6 Å². The first-order valence-electron chi connectivity index (χ1n) is 8.38. The molecule has 0 bridgehead atoms. The van der Waals surface area contributed by atoms with Gasteiger partial charge in [0.2, 0.25) is 9.84 Å². The van der Waals surface area contributed by atoms with Crippen LogP contribution in [0.1, 0.15) is 10.5 Å². The number of sulfone groups is 1. The number of anilines is 1. The number of hydrogen-bond donors (Lipinski definition) is 2. The Kier molecular flexibility index (Phi) is 7.59. The Hall–Kier alpha value is -3.09. The van der Waals surface area contributed by atoms with Crippen molar-refractivity contribution in [3.8, 4) is 0 Å². The zero-order valence-electron chi connectivity index (χ0n) is 15.5. The third kappa shape index (κ3) is 5.47. The quantitative estimate of drug-likeness (QED) is 0.304. The van der Waals surface area contributed by atoms with E-state index in [4.69, 9.17) is 15.2 Å². The molecule has 1 amide bonds. The Morgan fingerprint density at radius 1 is 1.28 bits per heavy atom. The number of primary amides is 1. The van der Waals surface area contributed by atoms with Crippen LogP contribution in [0, 0.1) is 10.1 Å². The third-order valence-electron chi connectivity index (χ3n) is 3.76. The summed E-state index contributed by atoms with van der Waals surface area (Å²) in [5.41, 5.74) is 4.44. The highest BCUT2D eigenvalue weighted by Crippen LogP contribution is 2.31. The average molecular weight is 424 g/mol. The molecule has 0 saturated heterocycles. The Morgan fingerprint density at radius 3 is 2.69 bits per heavy atom. The Balaban J connectivity index is 2.30. The van der Waals surface area contributed by atoms with Crippen molar-refractivity contribution < 1.29 is 27.6 Å². The van der Waals surface area contributed by atoms with Gasteiger partial charge in [-0.1, -0.05) is 0 Å². The van der Waals surface area contributed by atoms with E-state index in [1.165, 1.54) is 24.4 Å². The molecule has 2 aromatic rings. The minimum Gasteiger partial charge on any atom is -0.382 e. The van der Waals surface area contributed by atoms with Gasteiger partial charge in [0.25, 0.3) is 11.6 Å². The van der Waals surface area contributed by atoms with Crippen molar-refractivity contribution in [2.75, 3.05) is 38.8 Å². The largest absolute Gasteiger partial charge is 0.382 e. The van der Waals surface area contributed by atoms with Crippen LogP contribution in [0.4, 0.5) is 11.4 Å². The van der Waals surface area contributed by atoms with Crippen LogP contribution in [0.25, 0.3) is 0 Å². The minimum absolute atomic E-state index is 0.130. The number of nitrogens with two attached hydrogens (primary N) is 1. The van der Waals surface area contributed by atoms with Crippen LogP contribution in [0.15, 0.2) is 46.3 Å². The first kappa shape index (κ1) is 22.2. The van der Waals surface area contributed by atoms with Crippen LogP contribution in [0.3, 0.4) is 0 Å². The number of pyridine rings is 1. The van der Waals surface area contributed by atoms with Gasteiger partial charge in [-0.15, -0.1) is 0 Å². The number of carbonyl (C=O) groups is 1. The Bertz CT molecular complexity index is 995. The monoisotopic (exact) mass is 424 g/mol. The molecule has 12 heteroatoms. The topological polar surface area (TPSA) is 164 Å². The lowest BCUT2D eigenvalue weighted by atomic mass is 10.2. The molecule has 29 heavy (non-hydrogen) atoms. The number of amides is 1. The predicted octanol–water partition coefficient (Wildman–Crippen LogP) is 0.996. The second kappa shape index (κ2) is 9.91. The van der Waals surface area contributed by atoms with Gasteiger partial charge in [0.15, 0.2) is 0 Å². The van der Waals surface area contributed by atoms with E-state index in [2.05, 4.69) is 10.3 Å². The molecule has 3 N–H and O–H groups in total. The molecule has 1 aromatic carbocycles. The number of ether oxygens (including phenoxy) is 2. The number of nitrogens with one attached hydrogen (secondary N) is 1. The molecule has 2 rings (SSSR count). The van der Waals surface area contributed by atoms with Gasteiger partial charge in [-0.05, 0) is 24.3 Å². The number of aromatic nitrogens is 1. The van der Waals surface area contributed by atoms with Crippen LogP contribution in [-0.4, -0.2) is 57.7 Å². The molecular formula is C17H20N4O7S. The van der Waals surface area contributed by atoms with Crippen molar-refractivity contribution in [2.24, 2.45) is 5.73 Å². The van der Waals surface area contributed by atoms with Gasteiger partial charge in [-0.3, -0.25) is 14.9 Å². The van der Waals surface area contributed by atoms with Crippen LogP contribution in [-0.2, 0) is 19.3 Å². The van der Waals surface area contributed by atoms with E-state index in [9.17, 15) is 23.3 Å². The molecule has 0 aliphatic carbocycles. The number of methoxy groups -OCH3 is 1. The number of hydrogen-bond acceptors (Lipinski definition) is 9. The second-order valence-corrected chi connectivity index (χ2v) is 7.60. The Morgan fingerprint density at radius 2 is 2.03 bits per heavy atom. The van der Waals surface area contributed by atoms with Gasteiger partial charge >= 0.3 is 0 Å². The maximum absolute atomic E-state index is 12.9. The predicted molar refractivity (Wildman–Crippen MR) is 102 cm³/mol. The molecule has 0 aliphatic rings. The number of rotatable bonds is 11. The molecule has 1 aromatic heterocycles. The normalized spacial score (nSPS) is 11.2. The summed E-state index contributed by atoms with van der Waals surface area (Å²) >= 11 is 0. The summed E-state index contributed by atoms with van der Waals surface area (Å²) < 4.78 is 35.9. The fourth-order valence-electron chi connectivity index (χ4n) is 2.40. The van der Waals surface area contributed by atoms with E-state index in [0.29, 0.717) is 13.2 Å². The van der Waals surface area contributed by atoms with Crippen molar-refractivity contribution in [3.63, 3.8) is 0 Å². The lowest BCUT2D eigenvalue weighted by Crippen LogP contribution is -2.18. The highest BCUT2D eigenvalue weighted by atomic mass is 32.2. The molecule has 0 saturated carbocycles. The SMILES string of the molecule is COCCOCCNc1ccc(S(=O)(=O)c2cccnc2C(N)=O)cc1[N+](=O)[O-]. The van der Waals surface area contributed by atoms with Crippen molar-refractivity contribution in [1.29, 1.82) is 0 Å². The van der Waals surface area contributed by atoms with Gasteiger partial charge < -0.3 is 20.5 Å². The summed E-state index contributed by atoms with van der Waals surface area (Å²) in [6.45, 7) is 1.35. The fourth-order valence-corrected chi connectivity index (χ4v) is 3.83. The number of benzene rings is 1. The third-order valence-corrected chi connectivity index (χ3v) is 5.55. The summed E-state index contributed by atoms with van der Waals surface area (Å²) in [6.07, 6.45) is 1.23. The molecule has 0 atom stereocenters. The molecule has 156 valence electrons. The van der Waals surface area contributed by atoms with Crippen molar-refractivity contribution in [2.45, 2.75) is 9.79 Å². The lowest BCUT2D eigenvalue weighted by Gasteiger charge is -2.11. The van der Waals surface area contributed by atoms with Crippen LogP contribution < -0.4 is 11.1 Å². The molecule has 11 nitrogen and oxygen atoms in total. The van der Waals surface area contributed by atoms with Crippen LogP contribution in [0.5, 0.6) is 0 Å². The standard InChI is InChI=1S/C17H20N4O7S/c1-27-9-10-28-8-7-19-13-5-4-12(11-14(13)21(23)24)29(25,26)15-3-2-6-20-16(15)17(18)22/h2-6,11,19H,7-10H2,1H3,(H2,18,22). The number of nitrogens with zero attached hydrogens (tertiary/aromatic N) is 2. The molecule has 0 radical (unpaired) electrons. The maximum atomic E-state index is 12.9. The molecule has 1 heterocycles. The smallest absolute Gasteiger partial charge is 0.293 e. The molecule has 0 unspecified atom stereocenters. The van der Waals surface area contributed by atoms with Crippen LogP contribution in [0.2, 0.25) is 0 Å². The molecule has 0 spiro atoms. The summed E-state index contributed by atoms with van der Waals surface area (Å²) in [5, 5.41) is 14.3. The first-order chi connectivity index (χ1) is 13.8. The van der Waals surface area contributed by atoms with Gasteiger partial charge in [0.1, 0.15) is 16.3 Å². The van der Waals surface area contributed by atoms with E-state index in [0.717, 1.165) is 12.1 Å². The summed E-state index contributed by atoms with van der Waals surface area (Å²) in [6, 6.07) is 5.89. The zero-order chi connectivity index (χ0) is 21.4. The van der Waals surface area contributed by atoms with E-state index in [-0.39, 0.29) is 23.7 Å². The summed E-state index contributed by atoms with van der Waals surface area (Å²) in [4.78, 5) is 25.1. The highest BCUT2D eigenvalue weighted by molar-refractivity contribution is 7.91. The van der Waals surface area contributed by atoms with E-state index < -0.39 is 36.9 Å². The van der Waals surface area contributed by atoms with Crippen molar-refractivity contribution in [3.05, 3.63) is 52.3 Å². The molecule has 0 aliphatic heterocycles. The zero-order valence-corrected chi connectivity index (χ0v) is 16.3. The van der Waals surface area contributed by atoms with E-state index >= 15 is 0 Å². The van der Waals surface area contributed by atoms with E-state index in [1.807, 2.05) is 0 Å². The fraction of sp³-hybridized carbons (Fsp3) is 0.294.